The van der Waals surface area contributed by atoms with Crippen LogP contribution >= 0.6 is 22.9 Å². The Bertz CT molecular complexity index is 828. The maximum atomic E-state index is 11.8. The third-order valence-corrected chi connectivity index (χ3v) is 5.53. The van der Waals surface area contributed by atoms with Gasteiger partial charge in [0, 0.05) is 36.1 Å². The van der Waals surface area contributed by atoms with E-state index >= 15 is 0 Å². The molecule has 2 aromatic rings. The van der Waals surface area contributed by atoms with Gasteiger partial charge < -0.3 is 10.2 Å². The van der Waals surface area contributed by atoms with Crippen molar-refractivity contribution in [1.29, 1.82) is 5.26 Å². The number of rotatable bonds is 3. The van der Waals surface area contributed by atoms with E-state index < -0.39 is 5.54 Å². The Hall–Kier alpha value is -2.10. The second kappa shape index (κ2) is 6.42. The Kier molecular flexibility index (Phi) is 4.48. The zero-order valence-corrected chi connectivity index (χ0v) is 15.0. The van der Waals surface area contributed by atoms with Gasteiger partial charge in [-0.05, 0) is 31.5 Å². The summed E-state index contributed by atoms with van der Waals surface area (Å²) in [7, 11) is 0. The number of nitrogens with one attached hydrogen (secondary N) is 1. The summed E-state index contributed by atoms with van der Waals surface area (Å²) >= 11 is 7.55. The van der Waals surface area contributed by atoms with Crippen LogP contribution in [0.5, 0.6) is 0 Å². The van der Waals surface area contributed by atoms with Gasteiger partial charge in [-0.2, -0.15) is 5.26 Å². The van der Waals surface area contributed by atoms with E-state index in [1.165, 1.54) is 6.92 Å². The number of nitriles is 1. The molecule has 5 nitrogen and oxygen atoms in total. The highest BCUT2D eigenvalue weighted by molar-refractivity contribution is 7.09. The molecule has 1 aliphatic rings. The molecule has 1 aromatic heterocycles. The maximum absolute atomic E-state index is 11.8. The summed E-state index contributed by atoms with van der Waals surface area (Å²) in [6.45, 7) is 4.78. The van der Waals surface area contributed by atoms with Crippen molar-refractivity contribution < 1.29 is 4.79 Å². The largest absolute Gasteiger partial charge is 0.368 e. The fourth-order valence-electron chi connectivity index (χ4n) is 3.13. The summed E-state index contributed by atoms with van der Waals surface area (Å²) in [6.07, 6.45) is 0.743. The zero-order valence-electron chi connectivity index (χ0n) is 13.5. The van der Waals surface area contributed by atoms with Crippen molar-refractivity contribution in [2.75, 3.05) is 18.0 Å². The van der Waals surface area contributed by atoms with Crippen LogP contribution < -0.4 is 10.2 Å². The average Bonchev–Trinajstić information content (AvgIpc) is 3.14. The Morgan fingerprint density at radius 2 is 2.33 bits per heavy atom. The Morgan fingerprint density at radius 3 is 2.96 bits per heavy atom. The number of hydrogen-bond acceptors (Lipinski definition) is 5. The van der Waals surface area contributed by atoms with Gasteiger partial charge in [-0.25, -0.2) is 4.98 Å². The summed E-state index contributed by atoms with van der Waals surface area (Å²) in [5.74, 6) is -0.0821. The van der Waals surface area contributed by atoms with Crippen molar-refractivity contribution in [2.45, 2.75) is 25.8 Å². The second-order valence-corrected chi connectivity index (χ2v) is 7.30. The first-order valence-corrected chi connectivity index (χ1v) is 8.85. The molecule has 0 radical (unpaired) electrons. The number of thiazole rings is 1. The number of anilines is 1. The van der Waals surface area contributed by atoms with Gasteiger partial charge in [0.1, 0.15) is 16.6 Å². The van der Waals surface area contributed by atoms with Gasteiger partial charge in [0.15, 0.2) is 0 Å². The monoisotopic (exact) mass is 360 g/mol. The standard InChI is InChI=1S/C17H17ClN4OS/c1-11-9-24-16(20-11)17(21-12(2)23)5-6-22(10-17)15-4-3-14(18)7-13(15)8-19/h3-4,7,9H,5-6,10H2,1-2H3,(H,21,23). The van der Waals surface area contributed by atoms with E-state index in [4.69, 9.17) is 11.6 Å². The average molecular weight is 361 g/mol. The Balaban J connectivity index is 1.96. The van der Waals surface area contributed by atoms with Crippen LogP contribution in [0.25, 0.3) is 0 Å². The first-order valence-electron chi connectivity index (χ1n) is 7.59. The van der Waals surface area contributed by atoms with Gasteiger partial charge in [-0.15, -0.1) is 11.3 Å². The molecule has 1 saturated heterocycles. The van der Waals surface area contributed by atoms with Crippen LogP contribution in [0, 0.1) is 18.3 Å². The minimum atomic E-state index is -0.517. The highest BCUT2D eigenvalue weighted by Crippen LogP contribution is 2.37. The van der Waals surface area contributed by atoms with Gasteiger partial charge in [-0.1, -0.05) is 11.6 Å². The normalized spacial score (nSPS) is 20.0. The molecule has 3 rings (SSSR count). The summed E-state index contributed by atoms with van der Waals surface area (Å²) in [4.78, 5) is 18.5. The van der Waals surface area contributed by atoms with Crippen LogP contribution in [0.15, 0.2) is 23.6 Å². The molecule has 1 aliphatic heterocycles. The summed E-state index contributed by atoms with van der Waals surface area (Å²) in [5, 5.41) is 15.9. The van der Waals surface area contributed by atoms with Crippen LogP contribution in [0.2, 0.25) is 5.02 Å². The number of aryl methyl sites for hydroxylation is 1. The molecule has 1 atom stereocenters. The van der Waals surface area contributed by atoms with E-state index in [0.717, 1.165) is 29.4 Å². The molecule has 1 unspecified atom stereocenters. The van der Waals surface area contributed by atoms with Gasteiger partial charge in [-0.3, -0.25) is 4.79 Å². The van der Waals surface area contributed by atoms with Crippen LogP contribution in [0.4, 0.5) is 5.69 Å². The van der Waals surface area contributed by atoms with Crippen molar-refractivity contribution >= 4 is 34.5 Å². The fourth-order valence-corrected chi connectivity index (χ4v) is 4.28. The Labute approximate surface area is 149 Å². The van der Waals surface area contributed by atoms with Crippen molar-refractivity contribution in [3.05, 3.63) is 44.9 Å². The third kappa shape index (κ3) is 3.10. The van der Waals surface area contributed by atoms with E-state index in [-0.39, 0.29) is 5.91 Å². The number of carbonyl (C=O) groups excluding carboxylic acids is 1. The quantitative estimate of drug-likeness (QED) is 0.912. The number of hydrogen-bond donors (Lipinski definition) is 1. The van der Waals surface area contributed by atoms with E-state index in [1.807, 2.05) is 18.4 Å². The van der Waals surface area contributed by atoms with E-state index in [0.29, 0.717) is 17.1 Å². The number of benzene rings is 1. The lowest BCUT2D eigenvalue weighted by Crippen LogP contribution is -2.47. The highest BCUT2D eigenvalue weighted by atomic mass is 35.5. The second-order valence-electron chi connectivity index (χ2n) is 6.00. The van der Waals surface area contributed by atoms with Crippen molar-refractivity contribution in [1.82, 2.24) is 10.3 Å². The summed E-state index contributed by atoms with van der Waals surface area (Å²) in [5.41, 5.74) is 1.80. The summed E-state index contributed by atoms with van der Waals surface area (Å²) in [6, 6.07) is 7.51. The molecule has 2 heterocycles. The molecule has 0 bridgehead atoms. The van der Waals surface area contributed by atoms with Gasteiger partial charge in [0.05, 0.1) is 11.3 Å². The lowest BCUT2D eigenvalue weighted by atomic mass is 9.99. The smallest absolute Gasteiger partial charge is 0.217 e. The van der Waals surface area contributed by atoms with Crippen molar-refractivity contribution in [3.63, 3.8) is 0 Å². The number of nitrogens with zero attached hydrogens (tertiary/aromatic N) is 3. The molecule has 1 N–H and O–H groups in total. The van der Waals surface area contributed by atoms with Gasteiger partial charge >= 0.3 is 0 Å². The highest BCUT2D eigenvalue weighted by Gasteiger charge is 2.43. The summed E-state index contributed by atoms with van der Waals surface area (Å²) < 4.78 is 0. The molecule has 0 aliphatic carbocycles. The first kappa shape index (κ1) is 16.7. The Morgan fingerprint density at radius 1 is 1.54 bits per heavy atom. The number of amides is 1. The molecule has 0 saturated carbocycles. The third-order valence-electron chi connectivity index (χ3n) is 4.13. The zero-order chi connectivity index (χ0) is 17.3. The molecular formula is C17H17ClN4OS. The molecule has 24 heavy (non-hydrogen) atoms. The first-order chi connectivity index (χ1) is 11.4. The fraction of sp³-hybridized carbons (Fsp3) is 0.353. The van der Waals surface area contributed by atoms with Crippen LogP contribution in [0.1, 0.15) is 29.6 Å². The lowest BCUT2D eigenvalue weighted by Gasteiger charge is -2.29. The van der Waals surface area contributed by atoms with Crippen LogP contribution in [-0.2, 0) is 10.3 Å². The van der Waals surface area contributed by atoms with Gasteiger partial charge in [0.2, 0.25) is 5.91 Å². The van der Waals surface area contributed by atoms with E-state index in [9.17, 15) is 10.1 Å². The molecule has 1 aromatic carbocycles. The van der Waals surface area contributed by atoms with Crippen molar-refractivity contribution in [3.8, 4) is 6.07 Å². The predicted octanol–water partition coefficient (Wildman–Crippen LogP) is 3.22. The number of aromatic nitrogens is 1. The minimum absolute atomic E-state index is 0.0821. The molecule has 1 fully saturated rings. The SMILES string of the molecule is CC(=O)NC1(c2nc(C)cs2)CCN(c2ccc(Cl)cc2C#N)C1. The van der Waals surface area contributed by atoms with Crippen molar-refractivity contribution in [2.24, 2.45) is 0 Å². The van der Waals surface area contributed by atoms with E-state index in [1.54, 1.807) is 23.5 Å². The topological polar surface area (TPSA) is 69.0 Å². The molecule has 124 valence electrons. The molecular weight excluding hydrogens is 344 g/mol. The minimum Gasteiger partial charge on any atom is -0.368 e. The predicted molar refractivity (Wildman–Crippen MR) is 95.3 cm³/mol. The van der Waals surface area contributed by atoms with Gasteiger partial charge in [0.25, 0.3) is 0 Å². The molecule has 0 spiro atoms. The number of carbonyl (C=O) groups is 1. The number of halogens is 1. The van der Waals surface area contributed by atoms with Crippen LogP contribution in [0.3, 0.4) is 0 Å². The molecule has 1 amide bonds. The molecule has 7 heteroatoms. The maximum Gasteiger partial charge on any atom is 0.217 e. The lowest BCUT2D eigenvalue weighted by molar-refractivity contribution is -0.120. The van der Waals surface area contributed by atoms with Crippen LogP contribution in [-0.4, -0.2) is 24.0 Å². The van der Waals surface area contributed by atoms with E-state index in [2.05, 4.69) is 21.3 Å².